The van der Waals surface area contributed by atoms with Gasteiger partial charge in [-0.2, -0.15) is 0 Å². The molecule has 246 valence electrons. The van der Waals surface area contributed by atoms with Gasteiger partial charge in [0.05, 0.1) is 25.1 Å². The molecule has 13 nitrogen and oxygen atoms in total. The van der Waals surface area contributed by atoms with Crippen LogP contribution in [0.1, 0.15) is 54.0 Å². The molecule has 0 aliphatic heterocycles. The molecule has 3 atom stereocenters. The predicted molar refractivity (Wildman–Crippen MR) is 174 cm³/mol. The van der Waals surface area contributed by atoms with Gasteiger partial charge in [-0.15, -0.1) is 0 Å². The number of ether oxygens (including phenoxy) is 3. The Bertz CT molecular complexity index is 1690. The zero-order valence-electron chi connectivity index (χ0n) is 27.1. The van der Waals surface area contributed by atoms with E-state index in [1.165, 1.54) is 6.33 Å². The maximum atomic E-state index is 13.9. The van der Waals surface area contributed by atoms with E-state index in [1.807, 2.05) is 32.9 Å². The smallest absolute Gasteiger partial charge is 0.418 e. The number of fused-ring (bicyclic) bond motifs is 1. The number of nitrogens with zero attached hydrogens (tertiary/aromatic N) is 4. The average molecular weight is 653 g/mol. The average Bonchev–Trinajstić information content (AvgIpc) is 3.39. The van der Waals surface area contributed by atoms with Crippen LogP contribution in [0.15, 0.2) is 67.3 Å². The molecule has 0 saturated carbocycles. The number of esters is 1. The van der Waals surface area contributed by atoms with E-state index in [-0.39, 0.29) is 30.2 Å². The van der Waals surface area contributed by atoms with Gasteiger partial charge in [0.2, 0.25) is 0 Å². The first-order valence-electron chi connectivity index (χ1n) is 14.9. The molecule has 0 aliphatic carbocycles. The summed E-state index contributed by atoms with van der Waals surface area (Å²) in [6, 6.07) is 15.1. The molecule has 2 N–H and O–H groups in total. The minimum Gasteiger partial charge on any atom is -0.462 e. The number of carbonyl (C=O) groups excluding carboxylic acids is 2. The van der Waals surface area contributed by atoms with Gasteiger partial charge in [0.15, 0.2) is 17.0 Å². The van der Waals surface area contributed by atoms with Gasteiger partial charge in [0.25, 0.3) is 0 Å². The van der Waals surface area contributed by atoms with Gasteiger partial charge in [0, 0.05) is 5.56 Å². The third-order valence-electron chi connectivity index (χ3n) is 6.59. The van der Waals surface area contributed by atoms with Gasteiger partial charge in [-0.05, 0) is 51.3 Å². The highest BCUT2D eigenvalue weighted by Crippen LogP contribution is 2.44. The molecule has 4 rings (SSSR count). The largest absolute Gasteiger partial charge is 0.462 e. The second-order valence-corrected chi connectivity index (χ2v) is 14.1. The van der Waals surface area contributed by atoms with Crippen molar-refractivity contribution in [1.82, 2.24) is 24.6 Å². The zero-order valence-corrected chi connectivity index (χ0v) is 28.0. The standard InChI is InChI=1S/C32H41N6O7P/c1-21(2)43-30(39)23(4)37-46(41,45-24-13-9-8-10-14-24)20-42-22(3)17-38-19-35-27-28(33-18-34-29(27)38)36-31(40)44-26-16-12-11-15-25(26)32(5,6)7/h8-16,18-19,21-23H,17,20H2,1-7H3,(H,37,41)(H,33,34,36,40)/t22-,23-,46?/m1/s1. The highest BCUT2D eigenvalue weighted by molar-refractivity contribution is 7.57. The summed E-state index contributed by atoms with van der Waals surface area (Å²) in [5, 5.41) is 5.45. The second-order valence-electron chi connectivity index (χ2n) is 12.1. The van der Waals surface area contributed by atoms with Crippen molar-refractivity contribution in [3.05, 3.63) is 72.8 Å². The van der Waals surface area contributed by atoms with Crippen LogP contribution in [0.25, 0.3) is 11.2 Å². The van der Waals surface area contributed by atoms with E-state index in [0.717, 1.165) is 5.56 Å². The fourth-order valence-electron chi connectivity index (χ4n) is 4.48. The van der Waals surface area contributed by atoms with Crippen molar-refractivity contribution in [2.24, 2.45) is 0 Å². The molecule has 0 saturated heterocycles. The number of amides is 1. The Balaban J connectivity index is 1.44. The zero-order chi connectivity index (χ0) is 33.5. The number of hydrogen-bond donors (Lipinski definition) is 2. The molecule has 0 radical (unpaired) electrons. The maximum absolute atomic E-state index is 13.9. The number of rotatable bonds is 13. The number of hydrogen-bond acceptors (Lipinski definition) is 10. The lowest BCUT2D eigenvalue weighted by atomic mass is 9.86. The summed E-state index contributed by atoms with van der Waals surface area (Å²) in [7, 11) is -3.74. The summed E-state index contributed by atoms with van der Waals surface area (Å²) < 4.78 is 38.3. The summed E-state index contributed by atoms with van der Waals surface area (Å²) in [5.74, 6) is 0.430. The molecule has 0 spiro atoms. The quantitative estimate of drug-likeness (QED) is 0.123. The van der Waals surface area contributed by atoms with Gasteiger partial charge in [0.1, 0.15) is 30.2 Å². The van der Waals surface area contributed by atoms with Crippen molar-refractivity contribution in [1.29, 1.82) is 0 Å². The number of para-hydroxylation sites is 2. The van der Waals surface area contributed by atoms with Crippen LogP contribution in [0.2, 0.25) is 0 Å². The van der Waals surface area contributed by atoms with Gasteiger partial charge in [-0.1, -0.05) is 57.2 Å². The lowest BCUT2D eigenvalue weighted by molar-refractivity contribution is -0.149. The highest BCUT2D eigenvalue weighted by atomic mass is 31.2. The van der Waals surface area contributed by atoms with E-state index in [0.29, 0.717) is 22.7 Å². The van der Waals surface area contributed by atoms with E-state index in [4.69, 9.17) is 18.7 Å². The highest BCUT2D eigenvalue weighted by Gasteiger charge is 2.32. The van der Waals surface area contributed by atoms with E-state index in [9.17, 15) is 14.2 Å². The second kappa shape index (κ2) is 14.8. The lowest BCUT2D eigenvalue weighted by Crippen LogP contribution is -2.37. The Kier molecular flexibility index (Phi) is 11.2. The van der Waals surface area contributed by atoms with Crippen LogP contribution in [0.5, 0.6) is 11.5 Å². The molecule has 0 bridgehead atoms. The molecular weight excluding hydrogens is 611 g/mol. The molecule has 4 aromatic rings. The lowest BCUT2D eigenvalue weighted by Gasteiger charge is -2.25. The van der Waals surface area contributed by atoms with E-state index in [1.54, 1.807) is 81.1 Å². The Labute approximate surface area is 268 Å². The first-order chi connectivity index (χ1) is 21.7. The number of benzene rings is 2. The summed E-state index contributed by atoms with van der Waals surface area (Å²) in [6.45, 7) is 13.2. The van der Waals surface area contributed by atoms with Crippen LogP contribution in [0.4, 0.5) is 10.6 Å². The minimum atomic E-state index is -3.74. The molecule has 1 amide bonds. The third kappa shape index (κ3) is 9.35. The van der Waals surface area contributed by atoms with Crippen LogP contribution in [0.3, 0.4) is 0 Å². The van der Waals surface area contributed by atoms with Crippen LogP contribution in [0, 0.1) is 0 Å². The van der Waals surface area contributed by atoms with Crippen molar-refractivity contribution in [2.45, 2.75) is 78.7 Å². The summed E-state index contributed by atoms with van der Waals surface area (Å²) >= 11 is 0. The molecule has 14 heteroatoms. The predicted octanol–water partition coefficient (Wildman–Crippen LogP) is 6.30. The Morgan fingerprint density at radius 1 is 0.957 bits per heavy atom. The molecule has 2 aromatic heterocycles. The maximum Gasteiger partial charge on any atom is 0.418 e. The van der Waals surface area contributed by atoms with Gasteiger partial charge in [-0.25, -0.2) is 24.8 Å². The Morgan fingerprint density at radius 2 is 1.65 bits per heavy atom. The number of aromatic nitrogens is 4. The van der Waals surface area contributed by atoms with Crippen LogP contribution in [-0.4, -0.2) is 56.2 Å². The SMILES string of the molecule is CC(C)OC(=O)[C@@H](C)NP(=O)(CO[C@H](C)Cn1cnc2c(NC(=O)Oc3ccccc3C(C)(C)C)ncnc21)Oc1ccccc1. The van der Waals surface area contributed by atoms with Crippen molar-refractivity contribution in [3.8, 4) is 11.5 Å². The molecule has 46 heavy (non-hydrogen) atoms. The number of nitrogens with one attached hydrogen (secondary N) is 2. The van der Waals surface area contributed by atoms with Crippen molar-refractivity contribution in [2.75, 3.05) is 11.7 Å². The van der Waals surface area contributed by atoms with Crippen molar-refractivity contribution < 1.29 is 32.9 Å². The summed E-state index contributed by atoms with van der Waals surface area (Å²) in [5.41, 5.74) is 1.46. The normalized spacial score (nSPS) is 14.3. The molecular formula is C32H41N6O7P. The minimum absolute atomic E-state index is 0.183. The Morgan fingerprint density at radius 3 is 2.35 bits per heavy atom. The first kappa shape index (κ1) is 34.6. The van der Waals surface area contributed by atoms with Crippen LogP contribution < -0.4 is 19.7 Å². The molecule has 0 fully saturated rings. The molecule has 2 heterocycles. The number of carbonyl (C=O) groups is 2. The van der Waals surface area contributed by atoms with Crippen LogP contribution in [-0.2, 0) is 30.8 Å². The van der Waals surface area contributed by atoms with Gasteiger partial charge >= 0.3 is 19.6 Å². The summed E-state index contributed by atoms with van der Waals surface area (Å²) in [6.07, 6.45) is 0.994. The fourth-order valence-corrected chi connectivity index (χ4v) is 6.27. The van der Waals surface area contributed by atoms with Crippen molar-refractivity contribution >= 4 is 36.6 Å². The van der Waals surface area contributed by atoms with Gasteiger partial charge in [-0.3, -0.25) is 14.7 Å². The monoisotopic (exact) mass is 652 g/mol. The fraction of sp³-hybridized carbons (Fsp3) is 0.406. The first-order valence-corrected chi connectivity index (χ1v) is 16.7. The van der Waals surface area contributed by atoms with E-state index in [2.05, 4.69) is 25.4 Å². The van der Waals surface area contributed by atoms with Gasteiger partial charge < -0.3 is 23.3 Å². The third-order valence-corrected chi connectivity index (χ3v) is 8.37. The van der Waals surface area contributed by atoms with Crippen molar-refractivity contribution in [3.63, 3.8) is 0 Å². The number of imidazole rings is 1. The van der Waals surface area contributed by atoms with E-state index >= 15 is 0 Å². The van der Waals surface area contributed by atoms with E-state index < -0.39 is 31.7 Å². The Hall–Kier alpha value is -4.32. The number of anilines is 1. The molecule has 0 aliphatic rings. The van der Waals surface area contributed by atoms with Crippen LogP contribution >= 0.6 is 7.52 Å². The molecule has 1 unspecified atom stereocenters. The topological polar surface area (TPSA) is 156 Å². The molecule has 2 aromatic carbocycles. The summed E-state index contributed by atoms with van der Waals surface area (Å²) in [4.78, 5) is 38.2.